The Morgan fingerprint density at radius 1 is 1.50 bits per heavy atom. The van der Waals surface area contributed by atoms with Gasteiger partial charge in [-0.1, -0.05) is 11.4 Å². The van der Waals surface area contributed by atoms with Crippen LogP contribution in [-0.4, -0.2) is 38.6 Å². The number of aromatic nitrogens is 2. The molecule has 0 saturated carbocycles. The largest absolute Gasteiger partial charge is 0.394 e. The molecule has 0 saturated heterocycles. The van der Waals surface area contributed by atoms with E-state index >= 15 is 0 Å². The number of rotatable bonds is 6. The molecule has 3 N–H and O–H groups in total. The van der Waals surface area contributed by atoms with E-state index in [-0.39, 0.29) is 13.2 Å². The zero-order chi connectivity index (χ0) is 10.4. The van der Waals surface area contributed by atoms with Crippen molar-refractivity contribution in [2.75, 3.05) is 13.2 Å². The van der Waals surface area contributed by atoms with E-state index in [1.807, 2.05) is 12.3 Å². The highest BCUT2D eigenvalue weighted by atomic mass is 32.1. The van der Waals surface area contributed by atoms with Crippen molar-refractivity contribution in [1.82, 2.24) is 14.9 Å². The maximum absolute atomic E-state index is 9.15. The summed E-state index contributed by atoms with van der Waals surface area (Å²) in [6, 6.07) is 0. The Morgan fingerprint density at radius 3 is 2.64 bits per heavy atom. The molecule has 0 aliphatic heterocycles. The number of aliphatic hydroxyl groups excluding tert-OH is 2. The summed E-state index contributed by atoms with van der Waals surface area (Å²) < 4.78 is 3.73. The van der Waals surface area contributed by atoms with Gasteiger partial charge in [-0.25, -0.2) is 0 Å². The molecule has 0 radical (unpaired) electrons. The highest BCUT2D eigenvalue weighted by Crippen LogP contribution is 2.09. The van der Waals surface area contributed by atoms with Gasteiger partial charge in [0, 0.05) is 11.9 Å². The van der Waals surface area contributed by atoms with Crippen LogP contribution in [0.4, 0.5) is 0 Å². The number of hydrogen-bond donors (Lipinski definition) is 3. The van der Waals surface area contributed by atoms with Crippen LogP contribution in [0.3, 0.4) is 0 Å². The predicted octanol–water partition coefficient (Wildman–Crippen LogP) is -0.239. The lowest BCUT2D eigenvalue weighted by molar-refractivity contribution is 0.0861. The van der Waals surface area contributed by atoms with Crippen molar-refractivity contribution in [2.24, 2.45) is 0 Å². The molecule has 0 fully saturated rings. The van der Waals surface area contributed by atoms with E-state index in [1.54, 1.807) is 0 Å². The quantitative estimate of drug-likeness (QED) is 0.613. The molecule has 0 unspecified atom stereocenters. The van der Waals surface area contributed by atoms with Crippen LogP contribution in [0.2, 0.25) is 0 Å². The molecule has 0 aliphatic rings. The van der Waals surface area contributed by atoms with Crippen LogP contribution in [0.5, 0.6) is 0 Å². The lowest BCUT2D eigenvalue weighted by Crippen LogP contribution is -2.50. The Kier molecular flexibility index (Phi) is 4.40. The zero-order valence-electron chi connectivity index (χ0n) is 8.10. The Morgan fingerprint density at radius 2 is 2.21 bits per heavy atom. The zero-order valence-corrected chi connectivity index (χ0v) is 8.92. The van der Waals surface area contributed by atoms with Crippen LogP contribution in [0.15, 0.2) is 5.38 Å². The summed E-state index contributed by atoms with van der Waals surface area (Å²) in [5.41, 5.74) is 0.221. The molecule has 0 aliphatic carbocycles. The molecule has 0 spiro atoms. The summed E-state index contributed by atoms with van der Waals surface area (Å²) in [7, 11) is 0. The van der Waals surface area contributed by atoms with Crippen molar-refractivity contribution in [3.05, 3.63) is 11.1 Å². The van der Waals surface area contributed by atoms with Gasteiger partial charge in [0.2, 0.25) is 0 Å². The minimum atomic E-state index is -0.608. The minimum Gasteiger partial charge on any atom is -0.394 e. The molecule has 0 bridgehead atoms. The van der Waals surface area contributed by atoms with Gasteiger partial charge in [0.15, 0.2) is 0 Å². The Labute approximate surface area is 86.9 Å². The van der Waals surface area contributed by atoms with Gasteiger partial charge in [-0.2, -0.15) is 0 Å². The molecule has 80 valence electrons. The van der Waals surface area contributed by atoms with E-state index in [9.17, 15) is 0 Å². The summed E-state index contributed by atoms with van der Waals surface area (Å²) in [6.45, 7) is 2.26. The number of nitrogens with zero attached hydrogens (tertiary/aromatic N) is 2. The van der Waals surface area contributed by atoms with Crippen LogP contribution >= 0.6 is 11.5 Å². The molecule has 6 heteroatoms. The van der Waals surface area contributed by atoms with Crippen molar-refractivity contribution in [3.8, 4) is 0 Å². The van der Waals surface area contributed by atoms with E-state index in [0.717, 1.165) is 5.69 Å². The fourth-order valence-corrected chi connectivity index (χ4v) is 1.50. The summed E-state index contributed by atoms with van der Waals surface area (Å²) in [6.07, 6.45) is 0.664. The second kappa shape index (κ2) is 5.35. The van der Waals surface area contributed by atoms with Crippen molar-refractivity contribution in [3.63, 3.8) is 0 Å². The van der Waals surface area contributed by atoms with Crippen LogP contribution in [0, 0.1) is 0 Å². The minimum absolute atomic E-state index is 0.0857. The molecule has 1 aromatic heterocycles. The van der Waals surface area contributed by atoms with Gasteiger partial charge >= 0.3 is 0 Å². The topological polar surface area (TPSA) is 78.3 Å². The van der Waals surface area contributed by atoms with Gasteiger partial charge in [0.1, 0.15) is 0 Å². The van der Waals surface area contributed by atoms with Gasteiger partial charge in [-0.15, -0.1) is 5.10 Å². The van der Waals surface area contributed by atoms with Crippen molar-refractivity contribution < 1.29 is 10.2 Å². The van der Waals surface area contributed by atoms with Crippen molar-refractivity contribution in [1.29, 1.82) is 0 Å². The first-order chi connectivity index (χ1) is 6.76. The highest BCUT2D eigenvalue weighted by Gasteiger charge is 2.25. The molecule has 0 aromatic carbocycles. The Hall–Kier alpha value is -0.560. The second-order valence-electron chi connectivity index (χ2n) is 3.20. The third-order valence-corrected chi connectivity index (χ3v) is 2.89. The first-order valence-corrected chi connectivity index (χ1v) is 5.32. The molecule has 1 rings (SSSR count). The first kappa shape index (κ1) is 11.5. The number of nitrogens with one attached hydrogen (secondary N) is 1. The fraction of sp³-hybridized carbons (Fsp3) is 0.750. The summed E-state index contributed by atoms with van der Waals surface area (Å²) in [5, 5.41) is 27.1. The molecule has 5 nitrogen and oxygen atoms in total. The van der Waals surface area contributed by atoms with Gasteiger partial charge in [-0.3, -0.25) is 0 Å². The monoisotopic (exact) mass is 217 g/mol. The SMILES string of the molecule is CCC(CO)(CO)NCc1csnn1. The Bertz CT molecular complexity index is 241. The lowest BCUT2D eigenvalue weighted by Gasteiger charge is -2.29. The molecular weight excluding hydrogens is 202 g/mol. The van der Waals surface area contributed by atoms with E-state index in [4.69, 9.17) is 10.2 Å². The second-order valence-corrected chi connectivity index (χ2v) is 3.81. The van der Waals surface area contributed by atoms with Crippen LogP contribution in [0.1, 0.15) is 19.0 Å². The smallest absolute Gasteiger partial charge is 0.0893 e. The van der Waals surface area contributed by atoms with Gasteiger partial charge in [0.05, 0.1) is 24.4 Å². The summed E-state index contributed by atoms with van der Waals surface area (Å²) >= 11 is 1.29. The normalized spacial score (nSPS) is 11.9. The molecule has 1 aromatic rings. The summed E-state index contributed by atoms with van der Waals surface area (Å²) in [5.74, 6) is 0. The predicted molar refractivity (Wildman–Crippen MR) is 53.9 cm³/mol. The van der Waals surface area contributed by atoms with Crippen molar-refractivity contribution >= 4 is 11.5 Å². The van der Waals surface area contributed by atoms with Crippen molar-refractivity contribution in [2.45, 2.75) is 25.4 Å². The third-order valence-electron chi connectivity index (χ3n) is 2.33. The molecule has 0 atom stereocenters. The van der Waals surface area contributed by atoms with Crippen LogP contribution in [-0.2, 0) is 6.54 Å². The summed E-state index contributed by atoms with van der Waals surface area (Å²) in [4.78, 5) is 0. The average Bonchev–Trinajstić information content (AvgIpc) is 2.74. The highest BCUT2D eigenvalue weighted by molar-refractivity contribution is 7.03. The van der Waals surface area contributed by atoms with Crippen LogP contribution in [0.25, 0.3) is 0 Å². The average molecular weight is 217 g/mol. The van der Waals surface area contributed by atoms with Gasteiger partial charge in [-0.05, 0) is 18.0 Å². The number of aliphatic hydroxyl groups is 2. The molecule has 0 amide bonds. The fourth-order valence-electron chi connectivity index (χ4n) is 1.05. The van der Waals surface area contributed by atoms with E-state index in [2.05, 4.69) is 14.9 Å². The standard InChI is InChI=1S/C8H15N3O2S/c1-2-8(5-12,6-13)9-3-7-4-14-11-10-7/h4,9,12-13H,2-3,5-6H2,1H3. The lowest BCUT2D eigenvalue weighted by atomic mass is 9.98. The van der Waals surface area contributed by atoms with E-state index in [0.29, 0.717) is 13.0 Å². The maximum atomic E-state index is 9.15. The third kappa shape index (κ3) is 2.71. The van der Waals surface area contributed by atoms with Gasteiger partial charge in [0.25, 0.3) is 0 Å². The van der Waals surface area contributed by atoms with Crippen LogP contribution < -0.4 is 5.32 Å². The molecular formula is C8H15N3O2S. The first-order valence-electron chi connectivity index (χ1n) is 4.49. The maximum Gasteiger partial charge on any atom is 0.0893 e. The van der Waals surface area contributed by atoms with E-state index in [1.165, 1.54) is 11.5 Å². The molecule has 1 heterocycles. The van der Waals surface area contributed by atoms with E-state index < -0.39 is 5.54 Å². The number of hydrogen-bond acceptors (Lipinski definition) is 6. The Balaban J connectivity index is 2.48. The molecule has 14 heavy (non-hydrogen) atoms. The van der Waals surface area contributed by atoms with Gasteiger partial charge < -0.3 is 15.5 Å².